The molecule has 1 aromatic heterocycles. The average Bonchev–Trinajstić information content (AvgIpc) is 3.00. The summed E-state index contributed by atoms with van der Waals surface area (Å²) in [5.41, 5.74) is 2.25. The van der Waals surface area contributed by atoms with Crippen LogP contribution in [-0.2, 0) is 6.54 Å². The van der Waals surface area contributed by atoms with Gasteiger partial charge in [0.1, 0.15) is 0 Å². The Balaban J connectivity index is 1.59. The number of hydrogen-bond donors (Lipinski definition) is 2. The van der Waals surface area contributed by atoms with Gasteiger partial charge in [0.25, 0.3) is 0 Å². The van der Waals surface area contributed by atoms with Gasteiger partial charge >= 0.3 is 6.03 Å². The van der Waals surface area contributed by atoms with Gasteiger partial charge in [0.15, 0.2) is 0 Å². The van der Waals surface area contributed by atoms with Crippen molar-refractivity contribution in [1.82, 2.24) is 9.78 Å². The first-order valence-corrected chi connectivity index (χ1v) is 8.84. The fraction of sp³-hybridized carbons (Fsp3) is 0.0588. The second-order valence-corrected chi connectivity index (χ2v) is 6.99. The molecule has 0 spiro atoms. The van der Waals surface area contributed by atoms with Crippen LogP contribution in [0.5, 0.6) is 0 Å². The molecule has 0 aliphatic heterocycles. The van der Waals surface area contributed by atoms with Gasteiger partial charge < -0.3 is 10.6 Å². The van der Waals surface area contributed by atoms with E-state index in [4.69, 9.17) is 23.2 Å². The number of aromatic nitrogens is 2. The molecule has 5 nitrogen and oxygen atoms in total. The van der Waals surface area contributed by atoms with Crippen molar-refractivity contribution in [3.63, 3.8) is 0 Å². The van der Waals surface area contributed by atoms with Gasteiger partial charge in [0.2, 0.25) is 0 Å². The molecule has 0 bridgehead atoms. The van der Waals surface area contributed by atoms with Gasteiger partial charge in [0.05, 0.1) is 28.5 Å². The molecule has 3 rings (SSSR count). The lowest BCUT2D eigenvalue weighted by Gasteiger charge is -2.07. The van der Waals surface area contributed by atoms with Crippen LogP contribution in [0.25, 0.3) is 0 Å². The zero-order chi connectivity index (χ0) is 17.8. The summed E-state index contributed by atoms with van der Waals surface area (Å²) in [6.45, 7) is 0.614. The van der Waals surface area contributed by atoms with Gasteiger partial charge in [-0.2, -0.15) is 5.10 Å². The monoisotopic (exact) mass is 438 g/mol. The summed E-state index contributed by atoms with van der Waals surface area (Å²) in [6.07, 6.45) is 3.35. The average molecular weight is 440 g/mol. The van der Waals surface area contributed by atoms with Gasteiger partial charge in [-0.15, -0.1) is 0 Å². The first kappa shape index (κ1) is 17.8. The van der Waals surface area contributed by atoms with E-state index in [1.54, 1.807) is 35.3 Å². The smallest absolute Gasteiger partial charge is 0.308 e. The zero-order valence-electron chi connectivity index (χ0n) is 12.8. The first-order chi connectivity index (χ1) is 12.0. The number of amides is 2. The molecule has 0 atom stereocenters. The Kier molecular flexibility index (Phi) is 5.63. The normalized spacial score (nSPS) is 10.5. The molecular formula is C17H13BrCl2N4O. The summed E-state index contributed by atoms with van der Waals surface area (Å²) in [5.74, 6) is 0. The van der Waals surface area contributed by atoms with Crippen molar-refractivity contribution in [3.8, 4) is 0 Å². The van der Waals surface area contributed by atoms with Crippen molar-refractivity contribution in [1.29, 1.82) is 0 Å². The second kappa shape index (κ2) is 7.91. The highest BCUT2D eigenvalue weighted by molar-refractivity contribution is 9.10. The molecule has 0 saturated heterocycles. The number of nitrogens with zero attached hydrogens (tertiary/aromatic N) is 2. The van der Waals surface area contributed by atoms with Crippen molar-refractivity contribution >= 4 is 56.5 Å². The Morgan fingerprint density at radius 2 is 1.76 bits per heavy atom. The van der Waals surface area contributed by atoms with Crippen LogP contribution in [0.4, 0.5) is 16.2 Å². The highest BCUT2D eigenvalue weighted by Crippen LogP contribution is 2.25. The first-order valence-electron chi connectivity index (χ1n) is 7.29. The molecule has 0 radical (unpaired) electrons. The third-order valence-corrected chi connectivity index (χ3v) is 4.59. The molecule has 0 aliphatic carbocycles. The number of hydrogen-bond acceptors (Lipinski definition) is 2. The molecule has 2 aromatic carbocycles. The Labute approximate surface area is 163 Å². The molecule has 25 heavy (non-hydrogen) atoms. The maximum atomic E-state index is 12.0. The molecule has 0 aliphatic rings. The number of carbonyl (C=O) groups excluding carboxylic acids is 1. The maximum absolute atomic E-state index is 12.0. The Bertz CT molecular complexity index is 896. The summed E-state index contributed by atoms with van der Waals surface area (Å²) >= 11 is 15.2. The summed E-state index contributed by atoms with van der Waals surface area (Å²) in [5, 5.41) is 10.5. The number of rotatable bonds is 4. The van der Waals surface area contributed by atoms with E-state index in [0.29, 0.717) is 28.0 Å². The van der Waals surface area contributed by atoms with Crippen LogP contribution in [0, 0.1) is 0 Å². The van der Waals surface area contributed by atoms with E-state index in [0.717, 1.165) is 10.0 Å². The van der Waals surface area contributed by atoms with Crippen LogP contribution in [-0.4, -0.2) is 15.8 Å². The van der Waals surface area contributed by atoms with Gasteiger partial charge in [-0.25, -0.2) is 4.79 Å². The quantitative estimate of drug-likeness (QED) is 0.552. The van der Waals surface area contributed by atoms with E-state index >= 15 is 0 Å². The number of nitrogens with one attached hydrogen (secondary N) is 2. The lowest BCUT2D eigenvalue weighted by atomic mass is 10.2. The summed E-state index contributed by atoms with van der Waals surface area (Å²) < 4.78 is 2.77. The van der Waals surface area contributed by atoms with Crippen LogP contribution < -0.4 is 10.6 Å². The Hall–Kier alpha value is -2.02. The predicted molar refractivity (Wildman–Crippen MR) is 105 cm³/mol. The highest BCUT2D eigenvalue weighted by Gasteiger charge is 2.07. The van der Waals surface area contributed by atoms with E-state index in [2.05, 4.69) is 31.7 Å². The standard InChI is InChI=1S/C17H13BrCl2N4O/c18-12-3-1-11(2-4-12)9-24-10-14(8-21-24)23-17(25)22-13-5-6-15(19)16(20)7-13/h1-8,10H,9H2,(H2,22,23,25). The second-order valence-electron chi connectivity index (χ2n) is 5.26. The predicted octanol–water partition coefficient (Wildman–Crippen LogP) is 5.64. The summed E-state index contributed by atoms with van der Waals surface area (Å²) in [6, 6.07) is 12.5. The molecule has 0 unspecified atom stereocenters. The number of benzene rings is 2. The van der Waals surface area contributed by atoms with E-state index in [-0.39, 0.29) is 6.03 Å². The molecule has 128 valence electrons. The van der Waals surface area contributed by atoms with Gasteiger partial charge in [-0.3, -0.25) is 4.68 Å². The lowest BCUT2D eigenvalue weighted by molar-refractivity contribution is 0.262. The number of anilines is 2. The Morgan fingerprint density at radius 3 is 2.48 bits per heavy atom. The van der Waals surface area contributed by atoms with Gasteiger partial charge in [0, 0.05) is 16.4 Å². The molecule has 0 fully saturated rings. The van der Waals surface area contributed by atoms with Gasteiger partial charge in [-0.1, -0.05) is 51.3 Å². The zero-order valence-corrected chi connectivity index (χ0v) is 15.9. The van der Waals surface area contributed by atoms with Gasteiger partial charge in [-0.05, 0) is 35.9 Å². The summed E-state index contributed by atoms with van der Waals surface area (Å²) in [4.78, 5) is 12.0. The minimum atomic E-state index is -0.387. The number of carbonyl (C=O) groups is 1. The van der Waals surface area contributed by atoms with E-state index < -0.39 is 0 Å². The maximum Gasteiger partial charge on any atom is 0.323 e. The van der Waals surface area contributed by atoms with E-state index in [9.17, 15) is 4.79 Å². The third-order valence-electron chi connectivity index (χ3n) is 3.33. The minimum Gasteiger partial charge on any atom is -0.308 e. The minimum absolute atomic E-state index is 0.377. The van der Waals surface area contributed by atoms with Crippen molar-refractivity contribution in [3.05, 3.63) is 74.9 Å². The van der Waals surface area contributed by atoms with E-state index in [1.807, 2.05) is 24.3 Å². The van der Waals surface area contributed by atoms with Crippen molar-refractivity contribution in [2.45, 2.75) is 6.54 Å². The highest BCUT2D eigenvalue weighted by atomic mass is 79.9. The third kappa shape index (κ3) is 4.98. The van der Waals surface area contributed by atoms with E-state index in [1.165, 1.54) is 0 Å². The van der Waals surface area contributed by atoms with Crippen molar-refractivity contribution < 1.29 is 4.79 Å². The van der Waals surface area contributed by atoms with Crippen LogP contribution in [0.1, 0.15) is 5.56 Å². The number of urea groups is 1. The van der Waals surface area contributed by atoms with Crippen LogP contribution in [0.2, 0.25) is 10.0 Å². The summed E-state index contributed by atoms with van der Waals surface area (Å²) in [7, 11) is 0. The molecule has 3 aromatic rings. The Morgan fingerprint density at radius 1 is 1.04 bits per heavy atom. The molecule has 2 N–H and O–H groups in total. The lowest BCUT2D eigenvalue weighted by Crippen LogP contribution is -2.19. The largest absolute Gasteiger partial charge is 0.323 e. The fourth-order valence-corrected chi connectivity index (χ4v) is 2.72. The van der Waals surface area contributed by atoms with Crippen LogP contribution in [0.15, 0.2) is 59.3 Å². The van der Waals surface area contributed by atoms with Crippen molar-refractivity contribution in [2.75, 3.05) is 10.6 Å². The molecule has 0 saturated carbocycles. The topological polar surface area (TPSA) is 59.0 Å². The fourth-order valence-electron chi connectivity index (χ4n) is 2.16. The van der Waals surface area contributed by atoms with Crippen LogP contribution >= 0.6 is 39.1 Å². The molecule has 8 heteroatoms. The molecule has 1 heterocycles. The molecular weight excluding hydrogens is 427 g/mol. The number of halogens is 3. The molecule has 2 amide bonds. The van der Waals surface area contributed by atoms with Crippen LogP contribution in [0.3, 0.4) is 0 Å². The SMILES string of the molecule is O=C(Nc1ccc(Cl)c(Cl)c1)Nc1cnn(Cc2ccc(Br)cc2)c1. The van der Waals surface area contributed by atoms with Crippen molar-refractivity contribution in [2.24, 2.45) is 0 Å².